The van der Waals surface area contributed by atoms with Gasteiger partial charge < -0.3 is 10.2 Å². The molecule has 0 unspecified atom stereocenters. The highest BCUT2D eigenvalue weighted by molar-refractivity contribution is 7.13. The average Bonchev–Trinajstić information content (AvgIpc) is 2.78. The molecule has 0 aliphatic carbocycles. The number of para-hydroxylation sites is 1. The molecular formula is C13H17N3S. The Morgan fingerprint density at radius 2 is 2.12 bits per heavy atom. The van der Waals surface area contributed by atoms with Gasteiger partial charge in [-0.15, -0.1) is 11.3 Å². The number of thiazole rings is 1. The first kappa shape index (κ1) is 12.1. The maximum Gasteiger partial charge on any atom is 0.189 e. The highest BCUT2D eigenvalue weighted by Gasteiger charge is 2.10. The molecule has 90 valence electrons. The van der Waals surface area contributed by atoms with Crippen molar-refractivity contribution in [3.63, 3.8) is 0 Å². The lowest BCUT2D eigenvalue weighted by Crippen LogP contribution is -2.11. The number of hydrogen-bond acceptors (Lipinski definition) is 4. The van der Waals surface area contributed by atoms with Crippen LogP contribution in [0.1, 0.15) is 11.3 Å². The van der Waals surface area contributed by atoms with Gasteiger partial charge in [0.2, 0.25) is 0 Å². The molecule has 3 nitrogen and oxygen atoms in total. The van der Waals surface area contributed by atoms with E-state index in [-0.39, 0.29) is 0 Å². The van der Waals surface area contributed by atoms with E-state index < -0.39 is 0 Å². The Morgan fingerprint density at radius 1 is 1.35 bits per heavy atom. The molecule has 0 saturated carbocycles. The highest BCUT2D eigenvalue weighted by atomic mass is 32.1. The summed E-state index contributed by atoms with van der Waals surface area (Å²) in [7, 11) is 3.99. The molecule has 0 fully saturated rings. The number of rotatable bonds is 4. The highest BCUT2D eigenvalue weighted by Crippen LogP contribution is 2.28. The molecule has 17 heavy (non-hydrogen) atoms. The lowest BCUT2D eigenvalue weighted by Gasteiger charge is -2.18. The Balaban J connectivity index is 2.24. The Kier molecular flexibility index (Phi) is 3.76. The van der Waals surface area contributed by atoms with Crippen LogP contribution in [0.2, 0.25) is 0 Å². The van der Waals surface area contributed by atoms with E-state index in [2.05, 4.69) is 58.8 Å². The van der Waals surface area contributed by atoms with Gasteiger partial charge in [0.1, 0.15) is 0 Å². The smallest absolute Gasteiger partial charge is 0.189 e. The van der Waals surface area contributed by atoms with Crippen molar-refractivity contribution in [2.24, 2.45) is 0 Å². The molecule has 2 rings (SSSR count). The zero-order valence-corrected chi connectivity index (χ0v) is 11.2. The van der Waals surface area contributed by atoms with Crippen LogP contribution in [0.15, 0.2) is 29.6 Å². The second kappa shape index (κ2) is 5.29. The van der Waals surface area contributed by atoms with Crippen molar-refractivity contribution in [2.45, 2.75) is 13.5 Å². The molecule has 0 atom stereocenters. The fourth-order valence-corrected chi connectivity index (χ4v) is 2.56. The maximum atomic E-state index is 4.60. The fourth-order valence-electron chi connectivity index (χ4n) is 1.76. The maximum absolute atomic E-state index is 4.60. The standard InChI is InChI=1S/C13H17N3S/c1-10-6-4-5-7-12(10)16(3)13-15-11(8-14-2)9-17-13/h4-7,9,14H,8H2,1-3H3. The summed E-state index contributed by atoms with van der Waals surface area (Å²) >= 11 is 1.68. The summed E-state index contributed by atoms with van der Waals surface area (Å²) in [5.41, 5.74) is 3.56. The molecule has 0 bridgehead atoms. The summed E-state index contributed by atoms with van der Waals surface area (Å²) in [5, 5.41) is 6.24. The number of hydrogen-bond donors (Lipinski definition) is 1. The van der Waals surface area contributed by atoms with Crippen molar-refractivity contribution in [3.05, 3.63) is 40.9 Å². The largest absolute Gasteiger partial charge is 0.321 e. The van der Waals surface area contributed by atoms with Crippen LogP contribution in [-0.2, 0) is 6.54 Å². The molecule has 4 heteroatoms. The molecular weight excluding hydrogens is 230 g/mol. The number of aromatic nitrogens is 1. The predicted molar refractivity (Wildman–Crippen MR) is 74.1 cm³/mol. The van der Waals surface area contributed by atoms with Crippen LogP contribution < -0.4 is 10.2 Å². The van der Waals surface area contributed by atoms with Gasteiger partial charge >= 0.3 is 0 Å². The number of nitrogens with zero attached hydrogens (tertiary/aromatic N) is 2. The number of anilines is 2. The molecule has 1 aromatic heterocycles. The Hall–Kier alpha value is -1.39. The minimum Gasteiger partial charge on any atom is -0.321 e. The van der Waals surface area contributed by atoms with Gasteiger partial charge in [-0.25, -0.2) is 4.98 Å². The van der Waals surface area contributed by atoms with Crippen LogP contribution in [0.5, 0.6) is 0 Å². The Morgan fingerprint density at radius 3 is 2.82 bits per heavy atom. The summed E-state index contributed by atoms with van der Waals surface area (Å²) in [6, 6.07) is 8.35. The van der Waals surface area contributed by atoms with Gasteiger partial charge in [0.05, 0.1) is 5.69 Å². The van der Waals surface area contributed by atoms with Crippen LogP contribution in [-0.4, -0.2) is 19.1 Å². The summed E-state index contributed by atoms with van der Waals surface area (Å²) in [6.45, 7) is 2.94. The lowest BCUT2D eigenvalue weighted by molar-refractivity contribution is 0.797. The Labute approximate surface area is 106 Å². The monoisotopic (exact) mass is 247 g/mol. The average molecular weight is 247 g/mol. The summed E-state index contributed by atoms with van der Waals surface area (Å²) in [6.07, 6.45) is 0. The molecule has 0 aliphatic rings. The number of nitrogens with one attached hydrogen (secondary N) is 1. The van der Waals surface area contributed by atoms with Crippen molar-refractivity contribution in [2.75, 3.05) is 19.0 Å². The molecule has 1 aromatic carbocycles. The normalized spacial score (nSPS) is 10.5. The molecule has 0 saturated heterocycles. The fraction of sp³-hybridized carbons (Fsp3) is 0.308. The van der Waals surface area contributed by atoms with Crippen LogP contribution in [0.4, 0.5) is 10.8 Å². The lowest BCUT2D eigenvalue weighted by atomic mass is 10.2. The number of benzene rings is 1. The van der Waals surface area contributed by atoms with Gasteiger partial charge in [-0.1, -0.05) is 18.2 Å². The van der Waals surface area contributed by atoms with Crippen molar-refractivity contribution < 1.29 is 0 Å². The van der Waals surface area contributed by atoms with Crippen molar-refractivity contribution in [1.82, 2.24) is 10.3 Å². The minimum atomic E-state index is 0.818. The molecule has 1 heterocycles. The van der Waals surface area contributed by atoms with Gasteiger partial charge in [-0.2, -0.15) is 0 Å². The van der Waals surface area contributed by atoms with Crippen LogP contribution in [0, 0.1) is 6.92 Å². The van der Waals surface area contributed by atoms with Crippen LogP contribution in [0.3, 0.4) is 0 Å². The van der Waals surface area contributed by atoms with Crippen LogP contribution >= 0.6 is 11.3 Å². The van der Waals surface area contributed by atoms with Gasteiger partial charge in [0.15, 0.2) is 5.13 Å². The Bertz CT molecular complexity index is 493. The summed E-state index contributed by atoms with van der Waals surface area (Å²) < 4.78 is 0. The van der Waals surface area contributed by atoms with Crippen molar-refractivity contribution in [1.29, 1.82) is 0 Å². The second-order valence-corrected chi connectivity index (χ2v) is 4.83. The van der Waals surface area contributed by atoms with Gasteiger partial charge in [-0.3, -0.25) is 0 Å². The third-order valence-electron chi connectivity index (χ3n) is 2.66. The van der Waals surface area contributed by atoms with Gasteiger partial charge in [0, 0.05) is 24.7 Å². The molecule has 0 aliphatic heterocycles. The molecule has 0 radical (unpaired) electrons. The first-order chi connectivity index (χ1) is 8.22. The topological polar surface area (TPSA) is 28.2 Å². The van der Waals surface area contributed by atoms with E-state index >= 15 is 0 Å². The van der Waals surface area contributed by atoms with E-state index in [1.165, 1.54) is 11.3 Å². The zero-order chi connectivity index (χ0) is 12.3. The molecule has 1 N–H and O–H groups in total. The van der Waals surface area contributed by atoms with Crippen molar-refractivity contribution >= 4 is 22.2 Å². The van der Waals surface area contributed by atoms with E-state index in [0.717, 1.165) is 17.4 Å². The van der Waals surface area contributed by atoms with Gasteiger partial charge in [0.25, 0.3) is 0 Å². The van der Waals surface area contributed by atoms with E-state index in [4.69, 9.17) is 0 Å². The van der Waals surface area contributed by atoms with E-state index in [1.807, 2.05) is 7.05 Å². The zero-order valence-electron chi connectivity index (χ0n) is 10.4. The predicted octanol–water partition coefficient (Wildman–Crippen LogP) is 2.94. The molecule has 2 aromatic rings. The van der Waals surface area contributed by atoms with E-state index in [9.17, 15) is 0 Å². The number of aryl methyl sites for hydroxylation is 1. The molecule has 0 amide bonds. The quantitative estimate of drug-likeness (QED) is 0.900. The second-order valence-electron chi connectivity index (χ2n) is 4.00. The minimum absolute atomic E-state index is 0.818. The first-order valence-electron chi connectivity index (χ1n) is 5.60. The third-order valence-corrected chi connectivity index (χ3v) is 3.63. The van der Waals surface area contributed by atoms with E-state index in [1.54, 1.807) is 11.3 Å². The SMILES string of the molecule is CNCc1csc(N(C)c2ccccc2C)n1. The summed E-state index contributed by atoms with van der Waals surface area (Å²) in [4.78, 5) is 6.74. The van der Waals surface area contributed by atoms with Gasteiger partial charge in [-0.05, 0) is 25.6 Å². The van der Waals surface area contributed by atoms with Crippen LogP contribution in [0.25, 0.3) is 0 Å². The first-order valence-corrected chi connectivity index (χ1v) is 6.48. The van der Waals surface area contributed by atoms with E-state index in [0.29, 0.717) is 0 Å². The van der Waals surface area contributed by atoms with Crippen molar-refractivity contribution in [3.8, 4) is 0 Å². The third kappa shape index (κ3) is 2.65. The molecule has 0 spiro atoms. The summed E-state index contributed by atoms with van der Waals surface area (Å²) in [5.74, 6) is 0.